The third kappa shape index (κ3) is 20.5. The molecule has 2 aromatic carbocycles. The van der Waals surface area contributed by atoms with Crippen LogP contribution in [0.1, 0.15) is 97.6 Å². The van der Waals surface area contributed by atoms with Crippen molar-refractivity contribution < 1.29 is 82.1 Å². The number of aliphatic hydroxyl groups is 3. The predicted molar refractivity (Wildman–Crippen MR) is 287 cm³/mol. The molecule has 79 heavy (non-hydrogen) atoms. The molecule has 1 fully saturated rings. The van der Waals surface area contributed by atoms with Gasteiger partial charge >= 0.3 is 6.09 Å². The molecule has 1 heterocycles. The smallest absolute Gasteiger partial charge is 0.407 e. The molecule has 1 aliphatic carbocycles. The minimum Gasteiger partial charge on any atom is -0.449 e. The highest BCUT2D eigenvalue weighted by Crippen LogP contribution is 2.44. The maximum atomic E-state index is 13.8. The van der Waals surface area contributed by atoms with Crippen molar-refractivity contribution in [1.29, 1.82) is 0 Å². The minimum atomic E-state index is -1.93. The molecule has 24 nitrogen and oxygen atoms in total. The van der Waals surface area contributed by atoms with Gasteiger partial charge in [-0.1, -0.05) is 89.6 Å². The first-order valence-electron chi connectivity index (χ1n) is 27.2. The number of carbonyl (C=O) groups excluding carboxylic acids is 8. The van der Waals surface area contributed by atoms with Gasteiger partial charge in [-0.15, -0.1) is 0 Å². The van der Waals surface area contributed by atoms with Crippen LogP contribution in [0.5, 0.6) is 0 Å². The second-order valence-corrected chi connectivity index (χ2v) is 19.7. The highest BCUT2D eigenvalue weighted by Gasteiger charge is 2.47. The van der Waals surface area contributed by atoms with E-state index in [0.717, 1.165) is 22.3 Å². The van der Waals surface area contributed by atoms with Gasteiger partial charge in [0.25, 0.3) is 5.91 Å². The fourth-order valence-corrected chi connectivity index (χ4v) is 8.77. The quantitative estimate of drug-likeness (QED) is 0.0414. The number of Topliss-reactive ketones (excluding diaryl/α,β-unsaturated/α-hetero) is 1. The molecule has 24 heteroatoms. The molecule has 2 aromatic rings. The Hall–Kier alpha value is -6.12. The molecule has 10 N–H and O–H groups in total. The Morgan fingerprint density at radius 3 is 1.66 bits per heavy atom. The molecule has 440 valence electrons. The van der Waals surface area contributed by atoms with Crippen molar-refractivity contribution in [3.8, 4) is 11.1 Å². The predicted octanol–water partition coefficient (Wildman–Crippen LogP) is 0.257. The second-order valence-electron chi connectivity index (χ2n) is 19.7. The Morgan fingerprint density at radius 2 is 1.10 bits per heavy atom. The van der Waals surface area contributed by atoms with Crippen molar-refractivity contribution in [3.05, 3.63) is 59.7 Å². The van der Waals surface area contributed by atoms with Crippen LogP contribution in [0, 0.1) is 5.92 Å². The molecule has 1 saturated heterocycles. The first kappa shape index (κ1) is 65.4. The lowest BCUT2D eigenvalue weighted by Crippen LogP contribution is -2.64. The second kappa shape index (κ2) is 34.1. The van der Waals surface area contributed by atoms with Gasteiger partial charge in [0, 0.05) is 25.4 Å². The van der Waals surface area contributed by atoms with Crippen molar-refractivity contribution in [2.24, 2.45) is 5.92 Å². The fraction of sp³-hybridized carbons (Fsp3) is 0.636. The number of aliphatic hydroxyl groups excluding tert-OH is 3. The van der Waals surface area contributed by atoms with Gasteiger partial charge in [0.1, 0.15) is 67.0 Å². The molecule has 1 aliphatic heterocycles. The van der Waals surface area contributed by atoms with Gasteiger partial charge in [0.15, 0.2) is 6.10 Å². The van der Waals surface area contributed by atoms with Gasteiger partial charge in [-0.3, -0.25) is 33.6 Å². The Morgan fingerprint density at radius 1 is 0.582 bits per heavy atom. The lowest BCUT2D eigenvalue weighted by Gasteiger charge is -2.40. The number of amides is 7. The first-order valence-corrected chi connectivity index (χ1v) is 27.2. The molecule has 7 amide bonds. The Balaban J connectivity index is 1.20. The standard InChI is InChI=1S/C55H83N7O17/c1-8-15-42(52(70)62-44(32(4)5)53(71)59-40(9-2)50(68)58-34(7)49(67)56-21-23-75-25-27-77-29-28-76-26-24-74-22-20-33(6)63)61-51(69)41(10-3)60-54(72)48-47(66)46(65)45(64)43(79-48)30-57-55(73)78-31-39-37-18-13-11-16-35(37)36-17-12-14-19-38(36)39/h11-14,16-19,32,34,39-48,64-66H,8-10,15,20-31H2,1-7H3,(H,56,67)(H,57,73)(H,58,68)(H,59,71)(H,60,72)(H,61,69)(H,62,70)/t34-,40-,41-,42-,43?,44-,45?,46?,47?,48?/m0/s1. The maximum absolute atomic E-state index is 13.8. The molecule has 0 bridgehead atoms. The first-order chi connectivity index (χ1) is 37.8. The average Bonchev–Trinajstić information content (AvgIpc) is 4.03. The van der Waals surface area contributed by atoms with E-state index < -0.39 is 115 Å². The van der Waals surface area contributed by atoms with E-state index in [9.17, 15) is 53.7 Å². The van der Waals surface area contributed by atoms with Crippen molar-refractivity contribution in [1.82, 2.24) is 37.2 Å². The van der Waals surface area contributed by atoms with E-state index in [0.29, 0.717) is 52.5 Å². The molecule has 5 unspecified atom stereocenters. The number of alkyl carbamates (subject to hydrolysis) is 1. The number of carbonyl (C=O) groups is 8. The van der Waals surface area contributed by atoms with E-state index in [-0.39, 0.29) is 57.3 Å². The Labute approximate surface area is 461 Å². The largest absolute Gasteiger partial charge is 0.449 e. The number of hydrogen-bond donors (Lipinski definition) is 10. The normalized spacial score (nSPS) is 19.6. The minimum absolute atomic E-state index is 0.000268. The lowest BCUT2D eigenvalue weighted by atomic mass is 9.94. The van der Waals surface area contributed by atoms with Gasteiger partial charge < -0.3 is 81.0 Å². The Kier molecular flexibility index (Phi) is 28.2. The third-order valence-electron chi connectivity index (χ3n) is 13.3. The summed E-state index contributed by atoms with van der Waals surface area (Å²) in [6.45, 7) is 13.8. The number of ketones is 1. The van der Waals surface area contributed by atoms with E-state index in [2.05, 4.69) is 37.2 Å². The SMILES string of the molecule is CCC[C@H](NC(=O)[C@H](CC)NC(=O)C1OC(CNC(=O)OCC2c3ccccc3-c3ccccc32)C(O)C(O)C1O)C(=O)N[C@H](C(=O)N[C@@H](CC)C(=O)N[C@@H](C)C(=O)NCCOCCOCCOCCOCCC(C)=O)C(C)C. The molecule has 2 aliphatic rings. The molecule has 4 rings (SSSR count). The summed E-state index contributed by atoms with van der Waals surface area (Å²) in [5.41, 5.74) is 4.08. The zero-order valence-corrected chi connectivity index (χ0v) is 46.4. The van der Waals surface area contributed by atoms with Crippen molar-refractivity contribution in [2.45, 2.75) is 147 Å². The van der Waals surface area contributed by atoms with E-state index in [4.69, 9.17) is 28.4 Å². The molecular formula is C55H83N7O17. The van der Waals surface area contributed by atoms with E-state index >= 15 is 0 Å². The number of nitrogens with one attached hydrogen (secondary N) is 7. The Bertz CT molecular complexity index is 2260. The van der Waals surface area contributed by atoms with Crippen LogP contribution in [0.15, 0.2) is 48.5 Å². The number of hydrogen-bond acceptors (Lipinski definition) is 17. The zero-order valence-electron chi connectivity index (χ0n) is 46.4. The maximum Gasteiger partial charge on any atom is 0.407 e. The summed E-state index contributed by atoms with van der Waals surface area (Å²) < 4.78 is 32.9. The molecular weight excluding hydrogens is 1030 g/mol. The van der Waals surface area contributed by atoms with Gasteiger partial charge in [-0.05, 0) is 61.3 Å². The number of ether oxygens (including phenoxy) is 6. The topological polar surface area (TPSA) is 337 Å². The molecule has 10 atom stereocenters. The summed E-state index contributed by atoms with van der Waals surface area (Å²) in [7, 11) is 0. The number of fused-ring (bicyclic) bond motifs is 3. The van der Waals surface area contributed by atoms with Gasteiger partial charge in [0.05, 0.1) is 52.9 Å². The van der Waals surface area contributed by atoms with Crippen molar-refractivity contribution >= 4 is 47.3 Å². The van der Waals surface area contributed by atoms with Crippen LogP contribution in [0.3, 0.4) is 0 Å². The number of benzene rings is 2. The van der Waals surface area contributed by atoms with Crippen LogP contribution < -0.4 is 37.2 Å². The monoisotopic (exact) mass is 1110 g/mol. The molecule has 0 radical (unpaired) electrons. The van der Waals surface area contributed by atoms with Crippen molar-refractivity contribution in [3.63, 3.8) is 0 Å². The summed E-state index contributed by atoms with van der Waals surface area (Å²) in [6, 6.07) is 9.92. The summed E-state index contributed by atoms with van der Waals surface area (Å²) >= 11 is 0. The van der Waals surface area contributed by atoms with E-state index in [1.54, 1.807) is 34.6 Å². The van der Waals surface area contributed by atoms with Gasteiger partial charge in [-0.2, -0.15) is 0 Å². The fourth-order valence-electron chi connectivity index (χ4n) is 8.77. The van der Waals surface area contributed by atoms with Crippen LogP contribution in [-0.4, -0.2) is 196 Å². The summed E-state index contributed by atoms with van der Waals surface area (Å²) in [4.78, 5) is 105. The zero-order chi connectivity index (χ0) is 58.0. The third-order valence-corrected chi connectivity index (χ3v) is 13.3. The summed E-state index contributed by atoms with van der Waals surface area (Å²) in [6.07, 6.45) is -8.53. The summed E-state index contributed by atoms with van der Waals surface area (Å²) in [5.74, 6) is -4.97. The van der Waals surface area contributed by atoms with Crippen LogP contribution in [0.25, 0.3) is 11.1 Å². The molecule has 0 aromatic heterocycles. The lowest BCUT2D eigenvalue weighted by molar-refractivity contribution is -0.219. The van der Waals surface area contributed by atoms with Gasteiger partial charge in [0.2, 0.25) is 29.5 Å². The van der Waals surface area contributed by atoms with Crippen LogP contribution >= 0.6 is 0 Å². The molecule has 0 saturated carbocycles. The van der Waals surface area contributed by atoms with E-state index in [1.807, 2.05) is 48.5 Å². The van der Waals surface area contributed by atoms with Crippen LogP contribution in [0.2, 0.25) is 0 Å². The highest BCUT2D eigenvalue weighted by molar-refractivity contribution is 5.96. The highest BCUT2D eigenvalue weighted by atomic mass is 16.6. The van der Waals surface area contributed by atoms with Crippen LogP contribution in [-0.2, 0) is 62.0 Å². The molecule has 0 spiro atoms. The van der Waals surface area contributed by atoms with Gasteiger partial charge in [-0.25, -0.2) is 4.79 Å². The van der Waals surface area contributed by atoms with E-state index in [1.165, 1.54) is 13.8 Å². The number of rotatable bonds is 35. The average molecular weight is 1110 g/mol. The summed E-state index contributed by atoms with van der Waals surface area (Å²) in [5, 5.41) is 50.6. The van der Waals surface area contributed by atoms with Crippen LogP contribution in [0.4, 0.5) is 4.79 Å². The van der Waals surface area contributed by atoms with Crippen molar-refractivity contribution in [2.75, 3.05) is 72.6 Å².